The van der Waals surface area contributed by atoms with E-state index in [1.807, 2.05) is 42.5 Å². The van der Waals surface area contributed by atoms with E-state index in [4.69, 9.17) is 0 Å². The van der Waals surface area contributed by atoms with Crippen molar-refractivity contribution in [1.82, 2.24) is 4.90 Å². The first-order chi connectivity index (χ1) is 13.9. The Morgan fingerprint density at radius 3 is 2.24 bits per heavy atom. The fraction of sp³-hybridized carbons (Fsp3) is 0.409. The monoisotopic (exact) mass is 518 g/mol. The molecule has 2 bridgehead atoms. The number of hydrogen-bond donors (Lipinski definition) is 1. The molecule has 7 heteroatoms. The standard InChI is InChI=1S/C22H20Br2N2O3/c1-10(20(27)25-15-8-4-6-11-5-2-3-7-12(11)15)26-21(28)16-13-9-14(17(16)22(26)29)19(24)18(13)23/h2-8,10,13-14,16-19H,9H2,1H3,(H,25,27)/t10-,13-,14-,16-,17-,18+,19+/m1/s1. The van der Waals surface area contributed by atoms with Crippen LogP contribution in [-0.2, 0) is 14.4 Å². The van der Waals surface area contributed by atoms with Crippen LogP contribution in [0.4, 0.5) is 5.69 Å². The molecule has 0 radical (unpaired) electrons. The zero-order valence-electron chi connectivity index (χ0n) is 15.7. The number of benzene rings is 2. The van der Waals surface area contributed by atoms with E-state index in [1.165, 1.54) is 4.90 Å². The third-order valence-electron chi connectivity index (χ3n) is 6.84. The number of halogens is 2. The Bertz CT molecular complexity index is 1000. The molecule has 0 spiro atoms. The molecule has 3 aliphatic rings. The van der Waals surface area contributed by atoms with E-state index in [-0.39, 0.29) is 51.0 Å². The van der Waals surface area contributed by atoms with E-state index in [9.17, 15) is 14.4 Å². The van der Waals surface area contributed by atoms with Gasteiger partial charge in [0.2, 0.25) is 17.7 Å². The smallest absolute Gasteiger partial charge is 0.247 e. The van der Waals surface area contributed by atoms with Crippen LogP contribution in [0.2, 0.25) is 0 Å². The Balaban J connectivity index is 1.39. The fourth-order valence-electron chi connectivity index (χ4n) is 5.44. The summed E-state index contributed by atoms with van der Waals surface area (Å²) < 4.78 is 0. The number of nitrogens with zero attached hydrogens (tertiary/aromatic N) is 1. The second-order valence-corrected chi connectivity index (χ2v) is 10.4. The van der Waals surface area contributed by atoms with Crippen molar-refractivity contribution in [1.29, 1.82) is 0 Å². The first-order valence-corrected chi connectivity index (χ1v) is 11.7. The number of likely N-dealkylation sites (tertiary alicyclic amines) is 1. The second kappa shape index (κ2) is 6.91. The lowest BCUT2D eigenvalue weighted by Gasteiger charge is -2.28. The molecule has 1 N–H and O–H groups in total. The quantitative estimate of drug-likeness (QED) is 0.493. The summed E-state index contributed by atoms with van der Waals surface area (Å²) >= 11 is 7.38. The minimum absolute atomic E-state index is 0.143. The maximum absolute atomic E-state index is 13.1. The summed E-state index contributed by atoms with van der Waals surface area (Å²) in [5.41, 5.74) is 0.681. The summed E-state index contributed by atoms with van der Waals surface area (Å²) in [6.07, 6.45) is 0.878. The molecule has 2 saturated carbocycles. The van der Waals surface area contributed by atoms with Crippen molar-refractivity contribution in [2.45, 2.75) is 29.0 Å². The predicted octanol–water partition coefficient (Wildman–Crippen LogP) is 3.94. The number of hydrogen-bond acceptors (Lipinski definition) is 3. The SMILES string of the molecule is C[C@H](C(=O)Nc1cccc2ccccc12)N1C(=O)[C@@H]2[C@H]3C[C@@H]([C@H](Br)[C@H]3Br)[C@H]2C1=O. The van der Waals surface area contributed by atoms with Gasteiger partial charge < -0.3 is 5.32 Å². The molecule has 5 nitrogen and oxygen atoms in total. The second-order valence-electron chi connectivity index (χ2n) is 8.24. The molecular weight excluding hydrogens is 500 g/mol. The molecule has 0 aromatic heterocycles. The van der Waals surface area contributed by atoms with E-state index >= 15 is 0 Å². The van der Waals surface area contributed by atoms with Gasteiger partial charge in [0.25, 0.3) is 0 Å². The molecular formula is C22H20Br2N2O3. The van der Waals surface area contributed by atoms with E-state index in [0.29, 0.717) is 5.69 Å². The molecule has 1 aliphatic heterocycles. The summed E-state index contributed by atoms with van der Waals surface area (Å²) in [7, 11) is 0. The Morgan fingerprint density at radius 1 is 1.00 bits per heavy atom. The molecule has 2 aromatic carbocycles. The van der Waals surface area contributed by atoms with Crippen molar-refractivity contribution in [3.8, 4) is 0 Å². The summed E-state index contributed by atoms with van der Waals surface area (Å²) in [5.74, 6) is -1.07. The Hall–Kier alpha value is -1.73. The number of alkyl halides is 2. The van der Waals surface area contributed by atoms with E-state index in [2.05, 4.69) is 37.2 Å². The molecule has 1 heterocycles. The Labute approximate surface area is 185 Å². The third kappa shape index (κ3) is 2.73. The first kappa shape index (κ1) is 19.2. The summed E-state index contributed by atoms with van der Waals surface area (Å²) in [4.78, 5) is 40.8. The van der Waals surface area contributed by atoms with Gasteiger partial charge in [-0.25, -0.2) is 0 Å². The van der Waals surface area contributed by atoms with Crippen molar-refractivity contribution >= 4 is 66.0 Å². The normalized spacial score (nSPS) is 34.0. The van der Waals surface area contributed by atoms with Crippen LogP contribution < -0.4 is 5.32 Å². The average Bonchev–Trinajstić information content (AvgIpc) is 3.32. The van der Waals surface area contributed by atoms with Crippen molar-refractivity contribution < 1.29 is 14.4 Å². The zero-order chi connectivity index (χ0) is 20.4. The van der Waals surface area contributed by atoms with Gasteiger partial charge in [0, 0.05) is 20.7 Å². The molecule has 2 aromatic rings. The van der Waals surface area contributed by atoms with Crippen LogP contribution in [0, 0.1) is 23.7 Å². The van der Waals surface area contributed by atoms with Gasteiger partial charge in [0.1, 0.15) is 6.04 Å². The first-order valence-electron chi connectivity index (χ1n) is 9.84. The fourth-order valence-corrected chi connectivity index (χ4v) is 7.32. The molecule has 1 saturated heterocycles. The van der Waals surface area contributed by atoms with Crippen LogP contribution in [0.15, 0.2) is 42.5 Å². The van der Waals surface area contributed by atoms with Gasteiger partial charge >= 0.3 is 0 Å². The zero-order valence-corrected chi connectivity index (χ0v) is 18.9. The summed E-state index contributed by atoms with van der Waals surface area (Å²) in [6, 6.07) is 12.6. The van der Waals surface area contributed by atoms with Gasteiger partial charge in [0.15, 0.2) is 0 Å². The number of rotatable bonds is 3. The van der Waals surface area contributed by atoms with Crippen molar-refractivity contribution in [3.63, 3.8) is 0 Å². The molecule has 150 valence electrons. The maximum Gasteiger partial charge on any atom is 0.247 e. The molecule has 5 rings (SSSR count). The number of anilines is 1. The van der Waals surface area contributed by atoms with Crippen molar-refractivity contribution in [2.75, 3.05) is 5.32 Å². The Kier molecular flexibility index (Phi) is 4.59. The molecule has 3 fully saturated rings. The highest BCUT2D eigenvalue weighted by atomic mass is 79.9. The minimum atomic E-state index is -0.846. The average molecular weight is 520 g/mol. The van der Waals surface area contributed by atoms with Gasteiger partial charge in [-0.1, -0.05) is 68.3 Å². The lowest BCUT2D eigenvalue weighted by atomic mass is 9.81. The van der Waals surface area contributed by atoms with Crippen LogP contribution in [-0.4, -0.2) is 38.3 Å². The summed E-state index contributed by atoms with van der Waals surface area (Å²) in [5, 5.41) is 4.86. The van der Waals surface area contributed by atoms with Gasteiger partial charge in [-0.15, -0.1) is 0 Å². The summed E-state index contributed by atoms with van der Waals surface area (Å²) in [6.45, 7) is 1.64. The number of nitrogens with one attached hydrogen (secondary N) is 1. The molecule has 29 heavy (non-hydrogen) atoms. The highest BCUT2D eigenvalue weighted by molar-refractivity contribution is 9.12. The lowest BCUT2D eigenvalue weighted by Crippen LogP contribution is -2.46. The van der Waals surface area contributed by atoms with Gasteiger partial charge in [-0.05, 0) is 36.6 Å². The van der Waals surface area contributed by atoms with Crippen LogP contribution in [0.3, 0.4) is 0 Å². The maximum atomic E-state index is 13.1. The molecule has 0 unspecified atom stereocenters. The number of amides is 3. The third-order valence-corrected chi connectivity index (χ3v) is 10.0. The predicted molar refractivity (Wildman–Crippen MR) is 118 cm³/mol. The van der Waals surface area contributed by atoms with Crippen molar-refractivity contribution in [2.24, 2.45) is 23.7 Å². The highest BCUT2D eigenvalue weighted by Crippen LogP contribution is 2.60. The van der Waals surface area contributed by atoms with Crippen LogP contribution in [0.1, 0.15) is 13.3 Å². The number of imide groups is 1. The van der Waals surface area contributed by atoms with Crippen LogP contribution in [0.5, 0.6) is 0 Å². The van der Waals surface area contributed by atoms with Gasteiger partial charge in [0.05, 0.1) is 11.8 Å². The van der Waals surface area contributed by atoms with E-state index in [1.54, 1.807) is 6.92 Å². The van der Waals surface area contributed by atoms with Gasteiger partial charge in [-0.3, -0.25) is 19.3 Å². The Morgan fingerprint density at radius 2 is 1.59 bits per heavy atom. The number of carbonyl (C=O) groups excluding carboxylic acids is 3. The molecule has 3 amide bonds. The van der Waals surface area contributed by atoms with E-state index < -0.39 is 6.04 Å². The van der Waals surface area contributed by atoms with Crippen LogP contribution >= 0.6 is 31.9 Å². The number of carbonyl (C=O) groups is 3. The highest BCUT2D eigenvalue weighted by Gasteiger charge is 2.67. The molecule has 2 aliphatic carbocycles. The topological polar surface area (TPSA) is 66.5 Å². The van der Waals surface area contributed by atoms with Gasteiger partial charge in [-0.2, -0.15) is 0 Å². The largest absolute Gasteiger partial charge is 0.324 e. The lowest BCUT2D eigenvalue weighted by molar-refractivity contribution is -0.146. The molecule has 7 atom stereocenters. The van der Waals surface area contributed by atoms with Crippen molar-refractivity contribution in [3.05, 3.63) is 42.5 Å². The number of fused-ring (bicyclic) bond motifs is 6. The minimum Gasteiger partial charge on any atom is -0.324 e. The van der Waals surface area contributed by atoms with Crippen LogP contribution in [0.25, 0.3) is 10.8 Å². The van der Waals surface area contributed by atoms with E-state index in [0.717, 1.165) is 17.2 Å².